The van der Waals surface area contributed by atoms with E-state index in [4.69, 9.17) is 0 Å². The number of carbonyl (C=O) groups is 1. The van der Waals surface area contributed by atoms with E-state index in [9.17, 15) is 4.79 Å². The monoisotopic (exact) mass is 356 g/mol. The number of nitrogens with one attached hydrogen (secondary N) is 1. The first-order valence-corrected chi connectivity index (χ1v) is 9.01. The van der Waals surface area contributed by atoms with E-state index in [1.165, 1.54) is 17.0 Å². The van der Waals surface area contributed by atoms with Gasteiger partial charge in [0, 0.05) is 30.9 Å². The lowest BCUT2D eigenvalue weighted by molar-refractivity contribution is -0.116. The van der Waals surface area contributed by atoms with E-state index in [2.05, 4.69) is 44.2 Å². The summed E-state index contributed by atoms with van der Waals surface area (Å²) in [5, 5.41) is 4.15. The molecule has 5 heteroatoms. The molecule has 27 heavy (non-hydrogen) atoms. The zero-order valence-corrected chi connectivity index (χ0v) is 14.9. The van der Waals surface area contributed by atoms with Gasteiger partial charge in [0.05, 0.1) is 22.9 Å². The van der Waals surface area contributed by atoms with Crippen molar-refractivity contribution in [2.75, 3.05) is 6.54 Å². The highest BCUT2D eigenvalue weighted by atomic mass is 16.1. The second-order valence-electron chi connectivity index (χ2n) is 6.33. The highest BCUT2D eigenvalue weighted by Gasteiger charge is 2.01. The average Bonchev–Trinajstić information content (AvgIpc) is 3.13. The van der Waals surface area contributed by atoms with Crippen LogP contribution >= 0.6 is 0 Å². The van der Waals surface area contributed by atoms with E-state index in [1.54, 1.807) is 12.3 Å². The minimum absolute atomic E-state index is 0.123. The molecule has 1 amide bonds. The fourth-order valence-electron chi connectivity index (χ4n) is 3.07. The van der Waals surface area contributed by atoms with Gasteiger partial charge >= 0.3 is 0 Å². The van der Waals surface area contributed by atoms with Crippen LogP contribution in [0.25, 0.3) is 28.0 Å². The third-order valence-corrected chi connectivity index (χ3v) is 4.43. The Labute approximate surface area is 157 Å². The van der Waals surface area contributed by atoms with E-state index in [0.29, 0.717) is 12.2 Å². The molecule has 0 aliphatic rings. The largest absolute Gasteiger partial charge is 0.352 e. The smallest absolute Gasteiger partial charge is 0.244 e. The molecule has 2 aromatic carbocycles. The summed E-state index contributed by atoms with van der Waals surface area (Å²) in [6.45, 7) is 1.49. The number of aryl methyl sites for hydroxylation is 1. The van der Waals surface area contributed by atoms with Crippen molar-refractivity contribution in [3.05, 3.63) is 78.8 Å². The van der Waals surface area contributed by atoms with Crippen LogP contribution in [0.15, 0.2) is 73.1 Å². The minimum atomic E-state index is -0.123. The number of carbonyl (C=O) groups excluding carboxylic acids is 1. The van der Waals surface area contributed by atoms with Crippen molar-refractivity contribution in [1.82, 2.24) is 19.9 Å². The molecule has 0 saturated heterocycles. The fourth-order valence-corrected chi connectivity index (χ4v) is 3.07. The lowest BCUT2D eigenvalue weighted by Gasteiger charge is -2.06. The van der Waals surface area contributed by atoms with Crippen LogP contribution < -0.4 is 5.32 Å². The zero-order chi connectivity index (χ0) is 18.5. The van der Waals surface area contributed by atoms with Gasteiger partial charge in [0.1, 0.15) is 0 Å². The van der Waals surface area contributed by atoms with Crippen LogP contribution in [0, 0.1) is 0 Å². The van der Waals surface area contributed by atoms with Gasteiger partial charge in [-0.15, -0.1) is 0 Å². The Bertz CT molecular complexity index is 1110. The van der Waals surface area contributed by atoms with Crippen molar-refractivity contribution in [2.45, 2.75) is 13.0 Å². The van der Waals surface area contributed by atoms with Crippen LogP contribution in [-0.2, 0) is 11.3 Å². The van der Waals surface area contributed by atoms with Gasteiger partial charge in [-0.25, -0.2) is 4.98 Å². The van der Waals surface area contributed by atoms with Crippen LogP contribution in [-0.4, -0.2) is 27.0 Å². The molecule has 0 aliphatic carbocycles. The number of para-hydroxylation sites is 3. The molecule has 5 nitrogen and oxygen atoms in total. The molecule has 0 saturated carbocycles. The Balaban J connectivity index is 1.28. The number of amides is 1. The van der Waals surface area contributed by atoms with Crippen LogP contribution in [0.4, 0.5) is 0 Å². The molecule has 0 bridgehead atoms. The number of rotatable bonds is 6. The van der Waals surface area contributed by atoms with Crippen molar-refractivity contribution in [3.63, 3.8) is 0 Å². The summed E-state index contributed by atoms with van der Waals surface area (Å²) in [5.41, 5.74) is 3.55. The van der Waals surface area contributed by atoms with Crippen LogP contribution in [0.2, 0.25) is 0 Å². The highest BCUT2D eigenvalue weighted by molar-refractivity contribution is 5.91. The van der Waals surface area contributed by atoms with E-state index >= 15 is 0 Å². The maximum atomic E-state index is 12.0. The Morgan fingerprint density at radius 2 is 1.85 bits per heavy atom. The quantitative estimate of drug-likeness (QED) is 0.422. The van der Waals surface area contributed by atoms with Gasteiger partial charge in [-0.05, 0) is 42.1 Å². The van der Waals surface area contributed by atoms with Gasteiger partial charge in [-0.1, -0.05) is 30.3 Å². The van der Waals surface area contributed by atoms with E-state index in [0.717, 1.165) is 24.0 Å². The van der Waals surface area contributed by atoms with Gasteiger partial charge in [-0.2, -0.15) is 0 Å². The molecule has 0 atom stereocenters. The zero-order valence-electron chi connectivity index (χ0n) is 14.9. The van der Waals surface area contributed by atoms with Gasteiger partial charge in [0.15, 0.2) is 0 Å². The maximum Gasteiger partial charge on any atom is 0.244 e. The Hall–Kier alpha value is -3.47. The number of nitrogens with zero attached hydrogens (tertiary/aromatic N) is 3. The van der Waals surface area contributed by atoms with Crippen molar-refractivity contribution >= 4 is 33.9 Å². The first kappa shape index (κ1) is 17.0. The van der Waals surface area contributed by atoms with Crippen LogP contribution in [0.3, 0.4) is 0 Å². The number of aromatic nitrogens is 3. The Morgan fingerprint density at radius 1 is 1.04 bits per heavy atom. The molecule has 0 radical (unpaired) electrons. The first-order chi connectivity index (χ1) is 13.3. The summed E-state index contributed by atoms with van der Waals surface area (Å²) in [6.07, 6.45) is 7.82. The topological polar surface area (TPSA) is 59.8 Å². The van der Waals surface area contributed by atoms with E-state index < -0.39 is 0 Å². The molecular weight excluding hydrogens is 336 g/mol. The number of hydrogen-bond donors (Lipinski definition) is 1. The average molecular weight is 356 g/mol. The summed E-state index contributed by atoms with van der Waals surface area (Å²) in [4.78, 5) is 20.8. The minimum Gasteiger partial charge on any atom is -0.352 e. The molecule has 0 spiro atoms. The molecule has 2 heterocycles. The van der Waals surface area contributed by atoms with Gasteiger partial charge < -0.3 is 9.88 Å². The Morgan fingerprint density at radius 3 is 2.78 bits per heavy atom. The summed E-state index contributed by atoms with van der Waals surface area (Å²) >= 11 is 0. The van der Waals surface area contributed by atoms with Crippen LogP contribution in [0.5, 0.6) is 0 Å². The maximum absolute atomic E-state index is 12.0. The lowest BCUT2D eigenvalue weighted by atomic mass is 10.2. The summed E-state index contributed by atoms with van der Waals surface area (Å²) in [5.74, 6) is -0.123. The predicted octanol–water partition coefficient (Wildman–Crippen LogP) is 3.80. The molecule has 0 unspecified atom stereocenters. The molecule has 134 valence electrons. The summed E-state index contributed by atoms with van der Waals surface area (Å²) in [6, 6.07) is 18.1. The second-order valence-corrected chi connectivity index (χ2v) is 6.33. The van der Waals surface area contributed by atoms with Gasteiger partial charge in [-0.3, -0.25) is 9.78 Å². The summed E-state index contributed by atoms with van der Waals surface area (Å²) in [7, 11) is 0. The molecule has 2 aromatic heterocycles. The standard InChI is InChI=1S/C22H20N4O/c27-22(11-10-18-16-24-19-7-2-3-8-20(19)25-18)23-13-5-14-26-15-12-17-6-1-4-9-21(17)26/h1-4,6-12,15-16H,5,13-14H2,(H,23,27)/b11-10+. The van der Waals surface area contributed by atoms with Gasteiger partial charge in [0.25, 0.3) is 0 Å². The molecule has 4 rings (SSSR count). The van der Waals surface area contributed by atoms with E-state index in [-0.39, 0.29) is 5.91 Å². The number of fused-ring (bicyclic) bond motifs is 2. The summed E-state index contributed by atoms with van der Waals surface area (Å²) < 4.78 is 2.21. The number of hydrogen-bond acceptors (Lipinski definition) is 3. The Kier molecular flexibility index (Phi) is 4.92. The fraction of sp³-hybridized carbons (Fsp3) is 0.136. The molecule has 1 N–H and O–H groups in total. The number of benzene rings is 2. The first-order valence-electron chi connectivity index (χ1n) is 9.01. The van der Waals surface area contributed by atoms with E-state index in [1.807, 2.05) is 36.4 Å². The highest BCUT2D eigenvalue weighted by Crippen LogP contribution is 2.15. The van der Waals surface area contributed by atoms with Crippen molar-refractivity contribution < 1.29 is 4.79 Å². The second kappa shape index (κ2) is 7.83. The predicted molar refractivity (Wildman–Crippen MR) is 108 cm³/mol. The molecule has 4 aromatic rings. The van der Waals surface area contributed by atoms with Crippen molar-refractivity contribution in [1.29, 1.82) is 0 Å². The third-order valence-electron chi connectivity index (χ3n) is 4.43. The lowest BCUT2D eigenvalue weighted by Crippen LogP contribution is -2.23. The third kappa shape index (κ3) is 4.03. The van der Waals surface area contributed by atoms with Crippen LogP contribution in [0.1, 0.15) is 12.1 Å². The SMILES string of the molecule is O=C(/C=C/c1cnc2ccccc2n1)NCCCn1ccc2ccccc21. The normalized spacial score (nSPS) is 11.4. The van der Waals surface area contributed by atoms with Crippen molar-refractivity contribution in [3.8, 4) is 0 Å². The van der Waals surface area contributed by atoms with Crippen molar-refractivity contribution in [2.24, 2.45) is 0 Å². The molecule has 0 aliphatic heterocycles. The molecular formula is C22H20N4O. The van der Waals surface area contributed by atoms with Gasteiger partial charge in [0.2, 0.25) is 5.91 Å². The molecule has 0 fully saturated rings.